The topological polar surface area (TPSA) is 162 Å². The molecule has 0 atom stereocenters. The highest BCUT2D eigenvalue weighted by molar-refractivity contribution is 8.00. The largest absolute Gasteiger partial charge is 0.495 e. The molecule has 0 spiro atoms. The van der Waals surface area contributed by atoms with E-state index in [-0.39, 0.29) is 51.3 Å². The van der Waals surface area contributed by atoms with Gasteiger partial charge < -0.3 is 15.8 Å². The van der Waals surface area contributed by atoms with Crippen molar-refractivity contribution in [3.63, 3.8) is 0 Å². The molecule has 0 heterocycles. The molecule has 2 amide bonds. The average molecular weight is 497 g/mol. The SMILES string of the molecule is CCN(CC)S(=O)(=O)c1ccc(OC)c(NC(=O)CSc2ccc(C(N)=O)cc2[N+](=O)[O-])c1. The molecule has 0 aromatic heterocycles. The van der Waals surface area contributed by atoms with Crippen molar-refractivity contribution in [2.75, 3.05) is 31.3 Å². The van der Waals surface area contributed by atoms with Crippen LogP contribution in [0.25, 0.3) is 0 Å². The van der Waals surface area contributed by atoms with E-state index in [1.165, 1.54) is 41.7 Å². The smallest absolute Gasteiger partial charge is 0.283 e. The fourth-order valence-corrected chi connectivity index (χ4v) is 5.21. The first-order valence-electron chi connectivity index (χ1n) is 9.74. The molecule has 2 aromatic carbocycles. The van der Waals surface area contributed by atoms with Crippen LogP contribution in [0.4, 0.5) is 11.4 Å². The zero-order chi connectivity index (χ0) is 24.8. The van der Waals surface area contributed by atoms with Gasteiger partial charge in [-0.05, 0) is 30.3 Å². The van der Waals surface area contributed by atoms with Gasteiger partial charge in [0.05, 0.1) is 33.3 Å². The van der Waals surface area contributed by atoms with E-state index in [1.807, 2.05) is 0 Å². The van der Waals surface area contributed by atoms with Crippen molar-refractivity contribution in [1.82, 2.24) is 4.31 Å². The second-order valence-electron chi connectivity index (χ2n) is 6.59. The molecule has 0 saturated carbocycles. The summed E-state index contributed by atoms with van der Waals surface area (Å²) in [6.07, 6.45) is 0. The second kappa shape index (κ2) is 11.1. The molecule has 13 heteroatoms. The summed E-state index contributed by atoms with van der Waals surface area (Å²) in [5, 5.41) is 13.9. The lowest BCUT2D eigenvalue weighted by Gasteiger charge is -2.19. The van der Waals surface area contributed by atoms with Crippen LogP contribution in [-0.2, 0) is 14.8 Å². The zero-order valence-corrected chi connectivity index (χ0v) is 19.9. The standard InChI is InChI=1S/C20H24N4O7S2/c1-4-23(5-2)33(29,30)14-7-8-17(31-3)15(11-14)22-19(25)12-32-18-9-6-13(20(21)26)10-16(18)24(27)28/h6-11H,4-5,12H2,1-3H3,(H2,21,26)(H,22,25). The Morgan fingerprint density at radius 1 is 1.18 bits per heavy atom. The number of carbonyl (C=O) groups is 2. The summed E-state index contributed by atoms with van der Waals surface area (Å²) in [6.45, 7) is 4.02. The first-order valence-corrected chi connectivity index (χ1v) is 12.2. The van der Waals surface area contributed by atoms with E-state index in [0.29, 0.717) is 0 Å². The minimum atomic E-state index is -3.76. The van der Waals surface area contributed by atoms with Crippen LogP contribution >= 0.6 is 11.8 Å². The fourth-order valence-electron chi connectivity index (χ4n) is 2.92. The third-order valence-corrected chi connectivity index (χ3v) is 7.70. The van der Waals surface area contributed by atoms with Gasteiger partial charge in [-0.1, -0.05) is 13.8 Å². The molecule has 2 rings (SSSR count). The highest BCUT2D eigenvalue weighted by Crippen LogP contribution is 2.32. The third-order valence-electron chi connectivity index (χ3n) is 4.59. The van der Waals surface area contributed by atoms with Gasteiger partial charge in [0.25, 0.3) is 5.69 Å². The summed E-state index contributed by atoms with van der Waals surface area (Å²) in [5.74, 6) is -1.31. The number of nitrogens with two attached hydrogens (primary N) is 1. The maximum atomic E-state index is 12.8. The van der Waals surface area contributed by atoms with E-state index >= 15 is 0 Å². The molecule has 33 heavy (non-hydrogen) atoms. The number of sulfonamides is 1. The lowest BCUT2D eigenvalue weighted by atomic mass is 10.2. The number of nitro groups is 1. The van der Waals surface area contributed by atoms with Crippen LogP contribution in [0, 0.1) is 10.1 Å². The molecular formula is C20H24N4O7S2. The molecule has 0 aliphatic heterocycles. The number of benzene rings is 2. The maximum absolute atomic E-state index is 12.8. The van der Waals surface area contributed by atoms with Crippen molar-refractivity contribution in [2.24, 2.45) is 5.73 Å². The van der Waals surface area contributed by atoms with E-state index in [0.717, 1.165) is 17.8 Å². The summed E-state index contributed by atoms with van der Waals surface area (Å²) < 4.78 is 32.1. The van der Waals surface area contributed by atoms with Gasteiger partial charge in [-0.15, -0.1) is 11.8 Å². The number of rotatable bonds is 11. The Labute approximate surface area is 195 Å². The van der Waals surface area contributed by atoms with Gasteiger partial charge in [-0.3, -0.25) is 19.7 Å². The Bertz CT molecular complexity index is 1160. The van der Waals surface area contributed by atoms with Gasteiger partial charge in [-0.25, -0.2) is 8.42 Å². The molecule has 178 valence electrons. The van der Waals surface area contributed by atoms with Gasteiger partial charge in [0, 0.05) is 24.7 Å². The Kier molecular flexibility index (Phi) is 8.79. The van der Waals surface area contributed by atoms with E-state index in [2.05, 4.69) is 5.32 Å². The van der Waals surface area contributed by atoms with Crippen molar-refractivity contribution in [2.45, 2.75) is 23.6 Å². The van der Waals surface area contributed by atoms with Crippen LogP contribution in [0.5, 0.6) is 5.75 Å². The predicted octanol–water partition coefficient (Wildman–Crippen LogP) is 2.46. The number of hydrogen-bond acceptors (Lipinski definition) is 8. The molecule has 0 aliphatic rings. The highest BCUT2D eigenvalue weighted by Gasteiger charge is 2.24. The normalized spacial score (nSPS) is 11.3. The number of nitrogens with zero attached hydrogens (tertiary/aromatic N) is 2. The fraction of sp³-hybridized carbons (Fsp3) is 0.300. The van der Waals surface area contributed by atoms with E-state index in [1.54, 1.807) is 13.8 Å². The minimum absolute atomic E-state index is 0.00682. The predicted molar refractivity (Wildman–Crippen MR) is 124 cm³/mol. The summed E-state index contributed by atoms with van der Waals surface area (Å²) in [4.78, 5) is 34.6. The maximum Gasteiger partial charge on any atom is 0.283 e. The molecule has 11 nitrogen and oxygen atoms in total. The Hall–Kier alpha value is -3.16. The Balaban J connectivity index is 2.24. The first kappa shape index (κ1) is 26.1. The molecule has 0 radical (unpaired) electrons. The average Bonchev–Trinajstić information content (AvgIpc) is 2.77. The molecule has 0 bridgehead atoms. The lowest BCUT2D eigenvalue weighted by molar-refractivity contribution is -0.387. The number of methoxy groups -OCH3 is 1. The third kappa shape index (κ3) is 6.21. The number of ether oxygens (including phenoxy) is 1. The molecule has 0 aliphatic carbocycles. The van der Waals surface area contributed by atoms with Gasteiger partial charge in [0.2, 0.25) is 21.8 Å². The number of hydrogen-bond donors (Lipinski definition) is 2. The van der Waals surface area contributed by atoms with Gasteiger partial charge >= 0.3 is 0 Å². The summed E-state index contributed by atoms with van der Waals surface area (Å²) >= 11 is 0.885. The Morgan fingerprint density at radius 3 is 2.39 bits per heavy atom. The number of anilines is 1. The lowest BCUT2D eigenvalue weighted by Crippen LogP contribution is -2.30. The van der Waals surface area contributed by atoms with Crippen LogP contribution in [0.2, 0.25) is 0 Å². The number of carbonyl (C=O) groups excluding carboxylic acids is 2. The number of thioether (sulfide) groups is 1. The summed E-state index contributed by atoms with van der Waals surface area (Å²) in [7, 11) is -2.38. The van der Waals surface area contributed by atoms with Crippen molar-refractivity contribution in [1.29, 1.82) is 0 Å². The molecule has 0 fully saturated rings. The van der Waals surface area contributed by atoms with Crippen LogP contribution in [-0.4, -0.2) is 55.4 Å². The van der Waals surface area contributed by atoms with E-state index in [9.17, 15) is 28.1 Å². The summed E-state index contributed by atoms with van der Waals surface area (Å²) in [6, 6.07) is 7.85. The second-order valence-corrected chi connectivity index (χ2v) is 9.55. The van der Waals surface area contributed by atoms with Gasteiger partial charge in [0.1, 0.15) is 5.75 Å². The van der Waals surface area contributed by atoms with E-state index < -0.39 is 26.8 Å². The quantitative estimate of drug-likeness (QED) is 0.272. The van der Waals surface area contributed by atoms with E-state index in [4.69, 9.17) is 10.5 Å². The zero-order valence-electron chi connectivity index (χ0n) is 18.2. The molecular weight excluding hydrogens is 472 g/mol. The van der Waals surface area contributed by atoms with Gasteiger partial charge in [0.15, 0.2) is 0 Å². The number of amides is 2. The molecule has 2 aromatic rings. The van der Waals surface area contributed by atoms with Crippen LogP contribution in [0.3, 0.4) is 0 Å². The highest BCUT2D eigenvalue weighted by atomic mass is 32.2. The first-order chi connectivity index (χ1) is 15.5. The van der Waals surface area contributed by atoms with Crippen molar-refractivity contribution >= 4 is 45.0 Å². The number of nitro benzene ring substituents is 1. The monoisotopic (exact) mass is 496 g/mol. The number of primary amides is 1. The molecule has 0 unspecified atom stereocenters. The number of nitrogens with one attached hydrogen (secondary N) is 1. The van der Waals surface area contributed by atoms with Crippen molar-refractivity contribution in [3.8, 4) is 5.75 Å². The Morgan fingerprint density at radius 2 is 1.85 bits per heavy atom. The molecule has 3 N–H and O–H groups in total. The van der Waals surface area contributed by atoms with Crippen molar-refractivity contribution in [3.05, 3.63) is 52.1 Å². The van der Waals surface area contributed by atoms with Crippen LogP contribution < -0.4 is 15.8 Å². The van der Waals surface area contributed by atoms with Crippen molar-refractivity contribution < 1.29 is 27.7 Å². The van der Waals surface area contributed by atoms with Crippen LogP contribution in [0.1, 0.15) is 24.2 Å². The minimum Gasteiger partial charge on any atom is -0.495 e. The van der Waals surface area contributed by atoms with Crippen LogP contribution in [0.15, 0.2) is 46.2 Å². The van der Waals surface area contributed by atoms with Gasteiger partial charge in [-0.2, -0.15) is 4.31 Å². The molecule has 0 saturated heterocycles. The summed E-state index contributed by atoms with van der Waals surface area (Å²) in [5.41, 5.74) is 4.93.